The smallest absolute Gasteiger partial charge is 0.225 e. The van der Waals surface area contributed by atoms with Crippen molar-refractivity contribution in [2.45, 2.75) is 45.1 Å². The summed E-state index contributed by atoms with van der Waals surface area (Å²) >= 11 is 0. The third kappa shape index (κ3) is 5.76. The van der Waals surface area contributed by atoms with Crippen LogP contribution in [0.1, 0.15) is 44.1 Å². The third-order valence-corrected chi connectivity index (χ3v) is 5.61. The second-order valence-corrected chi connectivity index (χ2v) is 7.59. The molecule has 0 aliphatic carbocycles. The standard InChI is InChI=1S/C21H29FN2O3/c22-19-6-2-1-5-18(19)14-23-20(25)8-7-16-4-3-11-24(15-16)21(26)17-9-12-27-13-10-17/h1-2,5-6,16-17H,3-4,7-15H2,(H,23,25)/t16-/m0/s1. The summed E-state index contributed by atoms with van der Waals surface area (Å²) in [6.07, 6.45) is 4.87. The number of nitrogens with zero attached hydrogens (tertiary/aromatic N) is 1. The Morgan fingerprint density at radius 2 is 1.96 bits per heavy atom. The summed E-state index contributed by atoms with van der Waals surface area (Å²) in [4.78, 5) is 26.8. The van der Waals surface area contributed by atoms with Crippen molar-refractivity contribution in [3.63, 3.8) is 0 Å². The minimum atomic E-state index is -0.299. The topological polar surface area (TPSA) is 58.6 Å². The predicted molar refractivity (Wildman–Crippen MR) is 100 cm³/mol. The molecule has 2 amide bonds. The molecule has 27 heavy (non-hydrogen) atoms. The minimum Gasteiger partial charge on any atom is -0.381 e. The summed E-state index contributed by atoms with van der Waals surface area (Å²) in [5, 5.41) is 2.79. The Balaban J connectivity index is 1.40. The van der Waals surface area contributed by atoms with Gasteiger partial charge in [-0.2, -0.15) is 0 Å². The Hall–Kier alpha value is -1.95. The molecule has 0 bridgehead atoms. The van der Waals surface area contributed by atoms with Crippen molar-refractivity contribution >= 4 is 11.8 Å². The summed E-state index contributed by atoms with van der Waals surface area (Å²) in [5.74, 6) is 0.355. The number of hydrogen-bond donors (Lipinski definition) is 1. The third-order valence-electron chi connectivity index (χ3n) is 5.61. The number of halogens is 1. The van der Waals surface area contributed by atoms with Crippen molar-refractivity contribution in [1.82, 2.24) is 10.2 Å². The van der Waals surface area contributed by atoms with Gasteiger partial charge in [-0.05, 0) is 44.1 Å². The Kier molecular flexibility index (Phi) is 7.21. The van der Waals surface area contributed by atoms with Crippen molar-refractivity contribution in [3.8, 4) is 0 Å². The summed E-state index contributed by atoms with van der Waals surface area (Å²) in [6, 6.07) is 6.47. The van der Waals surface area contributed by atoms with Crippen LogP contribution in [0.3, 0.4) is 0 Å². The van der Waals surface area contributed by atoms with Crippen LogP contribution >= 0.6 is 0 Å². The SMILES string of the molecule is O=C(CC[C@@H]1CCCN(C(=O)C2CCOCC2)C1)NCc1ccccc1F. The number of carbonyl (C=O) groups is 2. The molecule has 2 aliphatic heterocycles. The van der Waals surface area contributed by atoms with Gasteiger partial charge in [0.1, 0.15) is 5.82 Å². The number of amides is 2. The van der Waals surface area contributed by atoms with Crippen molar-refractivity contribution in [3.05, 3.63) is 35.6 Å². The van der Waals surface area contributed by atoms with E-state index in [1.54, 1.807) is 18.2 Å². The predicted octanol–water partition coefficient (Wildman–Crippen LogP) is 2.89. The molecule has 1 aromatic rings. The average Bonchev–Trinajstić information content (AvgIpc) is 2.72. The lowest BCUT2D eigenvalue weighted by molar-refractivity contribution is -0.140. The van der Waals surface area contributed by atoms with Crippen molar-refractivity contribution in [2.75, 3.05) is 26.3 Å². The molecular weight excluding hydrogens is 347 g/mol. The van der Waals surface area contributed by atoms with Crippen molar-refractivity contribution in [1.29, 1.82) is 0 Å². The molecular formula is C21H29FN2O3. The molecule has 148 valence electrons. The van der Waals surface area contributed by atoms with E-state index >= 15 is 0 Å². The highest BCUT2D eigenvalue weighted by Crippen LogP contribution is 2.25. The number of ether oxygens (including phenoxy) is 1. The monoisotopic (exact) mass is 376 g/mol. The average molecular weight is 376 g/mol. The molecule has 0 saturated carbocycles. The Bertz CT molecular complexity index is 646. The van der Waals surface area contributed by atoms with E-state index in [2.05, 4.69) is 5.32 Å². The molecule has 0 aromatic heterocycles. The van der Waals surface area contributed by atoms with Gasteiger partial charge < -0.3 is 15.0 Å². The molecule has 0 radical (unpaired) electrons. The van der Waals surface area contributed by atoms with Gasteiger partial charge in [-0.25, -0.2) is 4.39 Å². The fraction of sp³-hybridized carbons (Fsp3) is 0.619. The van der Waals surface area contributed by atoms with Gasteiger partial charge in [0.15, 0.2) is 0 Å². The molecule has 0 unspecified atom stereocenters. The normalized spacial score (nSPS) is 21.1. The van der Waals surface area contributed by atoms with E-state index in [-0.39, 0.29) is 30.1 Å². The van der Waals surface area contributed by atoms with Crippen LogP contribution in [-0.2, 0) is 20.9 Å². The number of piperidine rings is 1. The fourth-order valence-electron chi connectivity index (χ4n) is 3.96. The van der Waals surface area contributed by atoms with E-state index in [0.29, 0.717) is 31.1 Å². The first-order chi connectivity index (χ1) is 13.1. The number of likely N-dealkylation sites (tertiary alicyclic amines) is 1. The van der Waals surface area contributed by atoms with Gasteiger partial charge in [0.25, 0.3) is 0 Å². The zero-order chi connectivity index (χ0) is 19.1. The van der Waals surface area contributed by atoms with Crippen LogP contribution < -0.4 is 5.32 Å². The van der Waals surface area contributed by atoms with Crippen LogP contribution in [0.4, 0.5) is 4.39 Å². The quantitative estimate of drug-likeness (QED) is 0.831. The maximum atomic E-state index is 13.6. The molecule has 1 atom stereocenters. The maximum Gasteiger partial charge on any atom is 0.225 e. The molecule has 1 N–H and O–H groups in total. The Morgan fingerprint density at radius 3 is 2.74 bits per heavy atom. The highest BCUT2D eigenvalue weighted by Gasteiger charge is 2.30. The summed E-state index contributed by atoms with van der Waals surface area (Å²) in [7, 11) is 0. The summed E-state index contributed by atoms with van der Waals surface area (Å²) in [6.45, 7) is 3.14. The van der Waals surface area contributed by atoms with Gasteiger partial charge in [0.05, 0.1) is 0 Å². The van der Waals surface area contributed by atoms with E-state index in [1.165, 1.54) is 6.07 Å². The lowest BCUT2D eigenvalue weighted by Gasteiger charge is -2.36. The molecule has 6 heteroatoms. The number of carbonyl (C=O) groups excluding carboxylic acids is 2. The lowest BCUT2D eigenvalue weighted by atomic mass is 9.91. The van der Waals surface area contributed by atoms with E-state index in [9.17, 15) is 14.0 Å². The highest BCUT2D eigenvalue weighted by atomic mass is 19.1. The zero-order valence-electron chi connectivity index (χ0n) is 15.8. The Labute approximate surface area is 160 Å². The van der Waals surface area contributed by atoms with Crippen molar-refractivity contribution in [2.24, 2.45) is 11.8 Å². The van der Waals surface area contributed by atoms with Crippen LogP contribution in [0.25, 0.3) is 0 Å². The van der Waals surface area contributed by atoms with Gasteiger partial charge in [-0.15, -0.1) is 0 Å². The van der Waals surface area contributed by atoms with Gasteiger partial charge in [0, 0.05) is 50.8 Å². The van der Waals surface area contributed by atoms with E-state index in [4.69, 9.17) is 4.74 Å². The molecule has 2 fully saturated rings. The first-order valence-electron chi connectivity index (χ1n) is 10.00. The van der Waals surface area contributed by atoms with Crippen molar-refractivity contribution < 1.29 is 18.7 Å². The molecule has 1 aromatic carbocycles. The van der Waals surface area contributed by atoms with Crippen LogP contribution in [0, 0.1) is 17.7 Å². The maximum absolute atomic E-state index is 13.6. The summed E-state index contributed by atoms with van der Waals surface area (Å²) < 4.78 is 18.9. The van der Waals surface area contributed by atoms with E-state index in [1.807, 2.05) is 4.90 Å². The second kappa shape index (κ2) is 9.83. The fourth-order valence-corrected chi connectivity index (χ4v) is 3.96. The molecule has 3 rings (SSSR count). The van der Waals surface area contributed by atoms with Gasteiger partial charge >= 0.3 is 0 Å². The number of benzene rings is 1. The zero-order valence-corrected chi connectivity index (χ0v) is 15.8. The molecule has 2 aliphatic rings. The van der Waals surface area contributed by atoms with Gasteiger partial charge in [-0.1, -0.05) is 18.2 Å². The molecule has 2 heterocycles. The first kappa shape index (κ1) is 19.8. The van der Waals surface area contributed by atoms with Crippen LogP contribution in [-0.4, -0.2) is 43.0 Å². The first-order valence-corrected chi connectivity index (χ1v) is 10.00. The van der Waals surface area contributed by atoms with Gasteiger partial charge in [-0.3, -0.25) is 9.59 Å². The Morgan fingerprint density at radius 1 is 1.19 bits per heavy atom. The highest BCUT2D eigenvalue weighted by molar-refractivity contribution is 5.79. The molecule has 2 saturated heterocycles. The van der Waals surface area contributed by atoms with Crippen LogP contribution in [0.15, 0.2) is 24.3 Å². The minimum absolute atomic E-state index is 0.0638. The largest absolute Gasteiger partial charge is 0.381 e. The second-order valence-electron chi connectivity index (χ2n) is 7.59. The summed E-state index contributed by atoms with van der Waals surface area (Å²) in [5.41, 5.74) is 0.497. The van der Waals surface area contributed by atoms with Crippen LogP contribution in [0.2, 0.25) is 0 Å². The number of rotatable bonds is 6. The lowest BCUT2D eigenvalue weighted by Crippen LogP contribution is -2.44. The number of nitrogens with one attached hydrogen (secondary N) is 1. The van der Waals surface area contributed by atoms with E-state index in [0.717, 1.165) is 45.2 Å². The van der Waals surface area contributed by atoms with Gasteiger partial charge in [0.2, 0.25) is 11.8 Å². The number of hydrogen-bond acceptors (Lipinski definition) is 3. The van der Waals surface area contributed by atoms with Crippen LogP contribution in [0.5, 0.6) is 0 Å². The molecule has 5 nitrogen and oxygen atoms in total. The molecule has 0 spiro atoms. The van der Waals surface area contributed by atoms with E-state index < -0.39 is 0 Å².